The van der Waals surface area contributed by atoms with Crippen molar-refractivity contribution in [3.8, 4) is 5.75 Å². The van der Waals surface area contributed by atoms with Crippen molar-refractivity contribution in [2.75, 3.05) is 13.7 Å². The largest absolute Gasteiger partial charge is 0.497 e. The first-order valence-corrected chi connectivity index (χ1v) is 9.14. The number of methoxy groups -OCH3 is 1. The van der Waals surface area contributed by atoms with E-state index in [1.54, 1.807) is 7.11 Å². The molecule has 2 aromatic rings. The molecule has 2 heterocycles. The maximum absolute atomic E-state index is 11.3. The molecule has 0 radical (unpaired) electrons. The summed E-state index contributed by atoms with van der Waals surface area (Å²) in [6.45, 7) is 3.71. The molecular formula is C20H26N2O3. The summed E-state index contributed by atoms with van der Waals surface area (Å²) in [7, 11) is 1.66. The minimum atomic E-state index is -0.903. The van der Waals surface area contributed by atoms with Crippen LogP contribution >= 0.6 is 0 Å². The van der Waals surface area contributed by atoms with Gasteiger partial charge in [0.05, 0.1) is 13.3 Å². The second-order valence-electron chi connectivity index (χ2n) is 7.49. The van der Waals surface area contributed by atoms with Gasteiger partial charge in [0.15, 0.2) is 0 Å². The molecule has 25 heavy (non-hydrogen) atoms. The van der Waals surface area contributed by atoms with Crippen LogP contribution in [0.3, 0.4) is 0 Å². The SMILES string of the molecule is COc1ccc([C@@](C)(O)[C@H]2CCCN2Cc2cnoc2C2CC2)cc1. The second kappa shape index (κ2) is 6.46. The Morgan fingerprint density at radius 1 is 1.28 bits per heavy atom. The van der Waals surface area contributed by atoms with E-state index in [1.165, 1.54) is 18.4 Å². The van der Waals surface area contributed by atoms with Crippen LogP contribution in [0.4, 0.5) is 0 Å². The van der Waals surface area contributed by atoms with Gasteiger partial charge in [-0.15, -0.1) is 0 Å². The maximum Gasteiger partial charge on any atom is 0.144 e. The Morgan fingerprint density at radius 3 is 2.72 bits per heavy atom. The topological polar surface area (TPSA) is 58.7 Å². The van der Waals surface area contributed by atoms with Crippen molar-refractivity contribution in [3.05, 3.63) is 47.3 Å². The minimum absolute atomic E-state index is 0.0860. The Labute approximate surface area is 148 Å². The summed E-state index contributed by atoms with van der Waals surface area (Å²) in [5.74, 6) is 2.41. The van der Waals surface area contributed by atoms with E-state index in [0.29, 0.717) is 5.92 Å². The Morgan fingerprint density at radius 2 is 2.04 bits per heavy atom. The highest BCUT2D eigenvalue weighted by Gasteiger charge is 2.41. The number of hydrogen-bond donors (Lipinski definition) is 1. The monoisotopic (exact) mass is 342 g/mol. The van der Waals surface area contributed by atoms with E-state index < -0.39 is 5.60 Å². The van der Waals surface area contributed by atoms with Crippen LogP contribution in [0.1, 0.15) is 55.4 Å². The molecule has 5 nitrogen and oxygen atoms in total. The molecule has 1 aliphatic carbocycles. The molecular weight excluding hydrogens is 316 g/mol. The molecule has 0 bridgehead atoms. The fourth-order valence-corrected chi connectivity index (χ4v) is 4.06. The van der Waals surface area contributed by atoms with Crippen molar-refractivity contribution in [2.45, 2.75) is 56.7 Å². The predicted molar refractivity (Wildman–Crippen MR) is 94.5 cm³/mol. The third-order valence-corrected chi connectivity index (χ3v) is 5.68. The molecule has 1 saturated carbocycles. The highest BCUT2D eigenvalue weighted by Crippen LogP contribution is 2.43. The van der Waals surface area contributed by atoms with Gasteiger partial charge in [0, 0.05) is 24.1 Å². The first-order chi connectivity index (χ1) is 12.1. The molecule has 1 aliphatic heterocycles. The van der Waals surface area contributed by atoms with Gasteiger partial charge in [0.1, 0.15) is 17.1 Å². The molecule has 1 N–H and O–H groups in total. The van der Waals surface area contributed by atoms with Gasteiger partial charge in [-0.3, -0.25) is 4.90 Å². The molecule has 1 aromatic carbocycles. The summed E-state index contributed by atoms with van der Waals surface area (Å²) in [4.78, 5) is 2.38. The average Bonchev–Trinajstić information content (AvgIpc) is 3.17. The van der Waals surface area contributed by atoms with Crippen LogP contribution in [-0.4, -0.2) is 34.9 Å². The smallest absolute Gasteiger partial charge is 0.144 e. The van der Waals surface area contributed by atoms with Crippen molar-refractivity contribution in [3.63, 3.8) is 0 Å². The Hall–Kier alpha value is -1.85. The lowest BCUT2D eigenvalue weighted by atomic mass is 9.86. The van der Waals surface area contributed by atoms with Crippen LogP contribution in [-0.2, 0) is 12.1 Å². The third-order valence-electron chi connectivity index (χ3n) is 5.68. The molecule has 5 heteroatoms. The average molecular weight is 342 g/mol. The highest BCUT2D eigenvalue weighted by atomic mass is 16.5. The van der Waals surface area contributed by atoms with Gasteiger partial charge < -0.3 is 14.4 Å². The first kappa shape index (κ1) is 16.6. The first-order valence-electron chi connectivity index (χ1n) is 9.14. The lowest BCUT2D eigenvalue weighted by Gasteiger charge is -2.37. The molecule has 4 rings (SSSR count). The van der Waals surface area contributed by atoms with E-state index >= 15 is 0 Å². The van der Waals surface area contributed by atoms with Gasteiger partial charge in [0.25, 0.3) is 0 Å². The highest BCUT2D eigenvalue weighted by molar-refractivity contribution is 5.32. The van der Waals surface area contributed by atoms with Crippen molar-refractivity contribution in [2.24, 2.45) is 0 Å². The molecule has 2 fully saturated rings. The van der Waals surface area contributed by atoms with Crippen LogP contribution in [0.5, 0.6) is 5.75 Å². The van der Waals surface area contributed by atoms with Gasteiger partial charge in [-0.25, -0.2) is 0 Å². The van der Waals surface area contributed by atoms with Crippen molar-refractivity contribution < 1.29 is 14.4 Å². The Kier molecular flexibility index (Phi) is 4.29. The van der Waals surface area contributed by atoms with Crippen LogP contribution in [0.25, 0.3) is 0 Å². The zero-order chi connectivity index (χ0) is 17.4. The van der Waals surface area contributed by atoms with Gasteiger partial charge in [-0.1, -0.05) is 17.3 Å². The molecule has 0 unspecified atom stereocenters. The van der Waals surface area contributed by atoms with Crippen LogP contribution in [0, 0.1) is 0 Å². The molecule has 134 valence electrons. The fraction of sp³-hybridized carbons (Fsp3) is 0.550. The number of rotatable bonds is 6. The van der Waals surface area contributed by atoms with E-state index in [0.717, 1.165) is 43.0 Å². The Balaban J connectivity index is 1.54. The van der Waals surface area contributed by atoms with Gasteiger partial charge in [0.2, 0.25) is 0 Å². The van der Waals surface area contributed by atoms with E-state index in [4.69, 9.17) is 9.26 Å². The van der Waals surface area contributed by atoms with Gasteiger partial charge in [-0.05, 0) is 56.8 Å². The van der Waals surface area contributed by atoms with E-state index in [-0.39, 0.29) is 6.04 Å². The quantitative estimate of drug-likeness (QED) is 0.871. The summed E-state index contributed by atoms with van der Waals surface area (Å²) in [5.41, 5.74) is 1.21. The molecule has 1 aromatic heterocycles. The summed E-state index contributed by atoms with van der Waals surface area (Å²) in [6.07, 6.45) is 6.35. The standard InChI is InChI=1S/C20H26N2O3/c1-20(23,16-7-9-17(24-2)10-8-16)18-4-3-11-22(18)13-15-12-21-25-19(15)14-5-6-14/h7-10,12,14,18,23H,3-6,11,13H2,1-2H3/t18-,20-/m1/s1. The molecule has 2 atom stereocenters. The van der Waals surface area contributed by atoms with Crippen LogP contribution < -0.4 is 4.74 Å². The second-order valence-corrected chi connectivity index (χ2v) is 7.49. The number of aliphatic hydroxyl groups is 1. The molecule has 1 saturated heterocycles. The van der Waals surface area contributed by atoms with E-state index in [9.17, 15) is 5.11 Å². The van der Waals surface area contributed by atoms with Crippen molar-refractivity contribution in [1.29, 1.82) is 0 Å². The lowest BCUT2D eigenvalue weighted by molar-refractivity contribution is -0.0256. The number of hydrogen-bond acceptors (Lipinski definition) is 5. The van der Waals surface area contributed by atoms with Crippen molar-refractivity contribution in [1.82, 2.24) is 10.1 Å². The zero-order valence-corrected chi connectivity index (χ0v) is 14.9. The third kappa shape index (κ3) is 3.18. The number of aromatic nitrogens is 1. The van der Waals surface area contributed by atoms with Crippen molar-refractivity contribution >= 4 is 0 Å². The Bertz CT molecular complexity index is 719. The van der Waals surface area contributed by atoms with Gasteiger partial charge >= 0.3 is 0 Å². The number of nitrogens with zero attached hydrogens (tertiary/aromatic N) is 2. The summed E-state index contributed by atoms with van der Waals surface area (Å²) < 4.78 is 10.7. The summed E-state index contributed by atoms with van der Waals surface area (Å²) >= 11 is 0. The molecule has 0 spiro atoms. The zero-order valence-electron chi connectivity index (χ0n) is 14.9. The number of likely N-dealkylation sites (tertiary alicyclic amines) is 1. The van der Waals surface area contributed by atoms with E-state index in [2.05, 4.69) is 10.1 Å². The van der Waals surface area contributed by atoms with Crippen LogP contribution in [0.15, 0.2) is 35.0 Å². The fourth-order valence-electron chi connectivity index (χ4n) is 4.06. The van der Waals surface area contributed by atoms with Gasteiger partial charge in [-0.2, -0.15) is 0 Å². The molecule has 0 amide bonds. The van der Waals surface area contributed by atoms with Crippen LogP contribution in [0.2, 0.25) is 0 Å². The number of benzene rings is 1. The summed E-state index contributed by atoms with van der Waals surface area (Å²) in [5, 5.41) is 15.3. The lowest BCUT2D eigenvalue weighted by Crippen LogP contribution is -2.45. The number of ether oxygens (including phenoxy) is 1. The predicted octanol–water partition coefficient (Wildman–Crippen LogP) is 3.43. The van der Waals surface area contributed by atoms with E-state index in [1.807, 2.05) is 37.4 Å². The normalized spacial score (nSPS) is 23.6. The molecule has 2 aliphatic rings. The minimum Gasteiger partial charge on any atom is -0.497 e. The summed E-state index contributed by atoms with van der Waals surface area (Å²) in [6, 6.07) is 7.83. The maximum atomic E-state index is 11.3.